The molecule has 0 saturated heterocycles. The number of hydrogen-bond acceptors (Lipinski definition) is 2. The van der Waals surface area contributed by atoms with Gasteiger partial charge in [0.2, 0.25) is 0 Å². The van der Waals surface area contributed by atoms with Crippen molar-refractivity contribution in [2.45, 2.75) is 50.8 Å². The van der Waals surface area contributed by atoms with Crippen molar-refractivity contribution in [2.75, 3.05) is 6.54 Å². The van der Waals surface area contributed by atoms with E-state index in [-0.39, 0.29) is 6.10 Å². The Morgan fingerprint density at radius 2 is 1.71 bits per heavy atom. The fourth-order valence-corrected chi connectivity index (χ4v) is 3.25. The summed E-state index contributed by atoms with van der Waals surface area (Å²) in [6, 6.07) is 9.52. The minimum atomic E-state index is -0.0386. The van der Waals surface area contributed by atoms with E-state index in [9.17, 15) is 5.11 Å². The highest BCUT2D eigenvalue weighted by Crippen LogP contribution is 2.27. The molecule has 0 atom stereocenters. The zero-order chi connectivity index (χ0) is 11.7. The van der Waals surface area contributed by atoms with Crippen molar-refractivity contribution in [1.29, 1.82) is 0 Å². The highest BCUT2D eigenvalue weighted by atomic mass is 16.3. The van der Waals surface area contributed by atoms with Gasteiger partial charge >= 0.3 is 0 Å². The van der Waals surface area contributed by atoms with Crippen LogP contribution in [0.25, 0.3) is 0 Å². The molecule has 0 radical (unpaired) electrons. The molecule has 1 aliphatic heterocycles. The van der Waals surface area contributed by atoms with E-state index >= 15 is 0 Å². The van der Waals surface area contributed by atoms with Crippen molar-refractivity contribution in [3.05, 3.63) is 35.4 Å². The van der Waals surface area contributed by atoms with Crippen LogP contribution >= 0.6 is 0 Å². The van der Waals surface area contributed by atoms with E-state index in [0.717, 1.165) is 19.4 Å². The average Bonchev–Trinajstić information content (AvgIpc) is 2.39. The second-order valence-electron chi connectivity index (χ2n) is 5.45. The van der Waals surface area contributed by atoms with Crippen LogP contribution in [0.5, 0.6) is 0 Å². The number of aliphatic hydroxyl groups is 1. The molecule has 1 heterocycles. The average molecular weight is 231 g/mol. The van der Waals surface area contributed by atoms with Crippen molar-refractivity contribution >= 4 is 0 Å². The summed E-state index contributed by atoms with van der Waals surface area (Å²) >= 11 is 0. The normalized spacial score (nSPS) is 29.9. The number of aliphatic hydroxyl groups excluding tert-OH is 1. The van der Waals surface area contributed by atoms with E-state index in [1.54, 1.807) is 0 Å². The van der Waals surface area contributed by atoms with Crippen LogP contribution in [0.1, 0.15) is 36.8 Å². The Morgan fingerprint density at radius 1 is 1.00 bits per heavy atom. The van der Waals surface area contributed by atoms with Crippen LogP contribution < -0.4 is 0 Å². The van der Waals surface area contributed by atoms with Crippen molar-refractivity contribution in [3.63, 3.8) is 0 Å². The van der Waals surface area contributed by atoms with Gasteiger partial charge in [0.1, 0.15) is 0 Å². The van der Waals surface area contributed by atoms with Crippen LogP contribution in [0.3, 0.4) is 0 Å². The molecule has 0 aromatic heterocycles. The molecular weight excluding hydrogens is 210 g/mol. The first-order valence-electron chi connectivity index (χ1n) is 6.82. The van der Waals surface area contributed by atoms with Crippen molar-refractivity contribution < 1.29 is 5.11 Å². The van der Waals surface area contributed by atoms with Crippen molar-refractivity contribution in [3.8, 4) is 0 Å². The van der Waals surface area contributed by atoms with E-state index < -0.39 is 0 Å². The van der Waals surface area contributed by atoms with Gasteiger partial charge in [0.15, 0.2) is 0 Å². The highest BCUT2D eigenvalue weighted by molar-refractivity contribution is 5.29. The molecule has 1 fully saturated rings. The Labute approximate surface area is 103 Å². The second-order valence-corrected chi connectivity index (χ2v) is 5.45. The molecule has 0 bridgehead atoms. The molecular formula is C15H21NO. The summed E-state index contributed by atoms with van der Waals surface area (Å²) in [5, 5.41) is 9.56. The predicted molar refractivity (Wildman–Crippen MR) is 68.8 cm³/mol. The van der Waals surface area contributed by atoms with E-state index in [1.807, 2.05) is 0 Å². The van der Waals surface area contributed by atoms with Crippen LogP contribution in [0.2, 0.25) is 0 Å². The summed E-state index contributed by atoms with van der Waals surface area (Å²) in [4.78, 5) is 2.62. The Morgan fingerprint density at radius 3 is 2.47 bits per heavy atom. The zero-order valence-corrected chi connectivity index (χ0v) is 10.3. The van der Waals surface area contributed by atoms with E-state index in [4.69, 9.17) is 0 Å². The van der Waals surface area contributed by atoms with Crippen LogP contribution in [0, 0.1) is 0 Å². The Balaban J connectivity index is 1.68. The first-order chi connectivity index (χ1) is 8.33. The van der Waals surface area contributed by atoms with Gasteiger partial charge in [-0.2, -0.15) is 0 Å². The first-order valence-corrected chi connectivity index (χ1v) is 6.82. The summed E-state index contributed by atoms with van der Waals surface area (Å²) in [6.07, 6.45) is 5.47. The van der Waals surface area contributed by atoms with Gasteiger partial charge in [-0.15, -0.1) is 0 Å². The summed E-state index contributed by atoms with van der Waals surface area (Å²) < 4.78 is 0. The summed E-state index contributed by atoms with van der Waals surface area (Å²) in [5.41, 5.74) is 3.03. The maximum atomic E-state index is 9.56. The van der Waals surface area contributed by atoms with E-state index in [1.165, 1.54) is 36.9 Å². The minimum absolute atomic E-state index is 0.0386. The topological polar surface area (TPSA) is 23.5 Å². The second kappa shape index (κ2) is 4.79. The molecule has 1 saturated carbocycles. The number of hydrogen-bond donors (Lipinski definition) is 1. The molecule has 92 valence electrons. The van der Waals surface area contributed by atoms with Gasteiger partial charge in [-0.3, -0.25) is 4.90 Å². The lowest BCUT2D eigenvalue weighted by Gasteiger charge is -2.38. The standard InChI is InChI=1S/C15H21NO/c17-15-7-5-14(6-8-15)16-10-9-12-3-1-2-4-13(12)11-16/h1-4,14-15,17H,5-11H2. The smallest absolute Gasteiger partial charge is 0.0541 e. The van der Waals surface area contributed by atoms with E-state index in [0.29, 0.717) is 6.04 Å². The fraction of sp³-hybridized carbons (Fsp3) is 0.600. The molecule has 1 aromatic carbocycles. The third-order valence-corrected chi connectivity index (χ3v) is 4.34. The fourth-order valence-electron chi connectivity index (χ4n) is 3.25. The molecule has 17 heavy (non-hydrogen) atoms. The van der Waals surface area contributed by atoms with Crippen LogP contribution in [-0.2, 0) is 13.0 Å². The third kappa shape index (κ3) is 2.38. The largest absolute Gasteiger partial charge is 0.393 e. The van der Waals surface area contributed by atoms with Gasteiger partial charge in [0.25, 0.3) is 0 Å². The number of benzene rings is 1. The minimum Gasteiger partial charge on any atom is -0.393 e. The third-order valence-electron chi connectivity index (χ3n) is 4.34. The molecule has 1 aromatic rings. The summed E-state index contributed by atoms with van der Waals surface area (Å²) in [5.74, 6) is 0. The highest BCUT2D eigenvalue weighted by Gasteiger charge is 2.27. The number of rotatable bonds is 1. The van der Waals surface area contributed by atoms with E-state index in [2.05, 4.69) is 29.2 Å². The predicted octanol–water partition coefficient (Wildman–Crippen LogP) is 2.35. The van der Waals surface area contributed by atoms with Gasteiger partial charge in [-0.05, 0) is 43.2 Å². The van der Waals surface area contributed by atoms with Gasteiger partial charge in [-0.1, -0.05) is 24.3 Å². The van der Waals surface area contributed by atoms with Crippen molar-refractivity contribution in [1.82, 2.24) is 4.90 Å². The molecule has 2 aliphatic rings. The monoisotopic (exact) mass is 231 g/mol. The zero-order valence-electron chi connectivity index (χ0n) is 10.3. The molecule has 2 nitrogen and oxygen atoms in total. The molecule has 1 N–H and O–H groups in total. The lowest BCUT2D eigenvalue weighted by molar-refractivity contribution is 0.0678. The molecule has 1 aliphatic carbocycles. The summed E-state index contributed by atoms with van der Waals surface area (Å²) in [7, 11) is 0. The maximum Gasteiger partial charge on any atom is 0.0541 e. The number of nitrogens with zero attached hydrogens (tertiary/aromatic N) is 1. The molecule has 0 spiro atoms. The quantitative estimate of drug-likeness (QED) is 0.802. The van der Waals surface area contributed by atoms with Crippen LogP contribution in [-0.4, -0.2) is 28.7 Å². The molecule has 3 rings (SSSR count). The van der Waals surface area contributed by atoms with Gasteiger partial charge < -0.3 is 5.11 Å². The maximum absolute atomic E-state index is 9.56. The lowest BCUT2D eigenvalue weighted by Crippen LogP contribution is -2.41. The van der Waals surface area contributed by atoms with Gasteiger partial charge in [0, 0.05) is 19.1 Å². The Kier molecular flexibility index (Phi) is 3.17. The first kappa shape index (κ1) is 11.2. The van der Waals surface area contributed by atoms with Gasteiger partial charge in [0.05, 0.1) is 6.10 Å². The summed E-state index contributed by atoms with van der Waals surface area (Å²) in [6.45, 7) is 2.30. The molecule has 0 amide bonds. The molecule has 2 heteroatoms. The lowest BCUT2D eigenvalue weighted by atomic mass is 9.89. The van der Waals surface area contributed by atoms with Crippen LogP contribution in [0.4, 0.5) is 0 Å². The Bertz CT molecular complexity index is 382. The molecule has 0 unspecified atom stereocenters. The SMILES string of the molecule is OC1CCC(N2CCc3ccccc3C2)CC1. The Hall–Kier alpha value is -0.860. The number of fused-ring (bicyclic) bond motifs is 1. The van der Waals surface area contributed by atoms with Crippen LogP contribution in [0.15, 0.2) is 24.3 Å². The van der Waals surface area contributed by atoms with Gasteiger partial charge in [-0.25, -0.2) is 0 Å². The van der Waals surface area contributed by atoms with Crippen molar-refractivity contribution in [2.24, 2.45) is 0 Å².